The molecule has 29 heavy (non-hydrogen) atoms. The molecule has 0 fully saturated rings. The van der Waals surface area contributed by atoms with Gasteiger partial charge in [0, 0.05) is 0 Å². The Hall–Kier alpha value is -2.70. The summed E-state index contributed by atoms with van der Waals surface area (Å²) >= 11 is 0. The Kier molecular flexibility index (Phi) is 7.16. The van der Waals surface area contributed by atoms with E-state index in [-0.39, 0.29) is 25.3 Å². The molecule has 0 aliphatic carbocycles. The van der Waals surface area contributed by atoms with Crippen LogP contribution in [0.1, 0.15) is 38.8 Å². The highest BCUT2D eigenvalue weighted by molar-refractivity contribution is 5.76. The first kappa shape index (κ1) is 22.6. The van der Waals surface area contributed by atoms with Crippen LogP contribution in [0.2, 0.25) is 0 Å². The summed E-state index contributed by atoms with van der Waals surface area (Å²) in [5.41, 5.74) is -0.853. The van der Waals surface area contributed by atoms with E-state index in [0.29, 0.717) is 17.1 Å². The number of ether oxygens (including phenoxy) is 3. The first-order chi connectivity index (χ1) is 13.5. The first-order valence-corrected chi connectivity index (χ1v) is 9.20. The third-order valence-electron chi connectivity index (χ3n) is 4.01. The summed E-state index contributed by atoms with van der Waals surface area (Å²) in [7, 11) is 0. The van der Waals surface area contributed by atoms with Crippen LogP contribution in [0.15, 0.2) is 48.5 Å². The molecule has 0 aliphatic heterocycles. The molecule has 4 nitrogen and oxygen atoms in total. The number of halogens is 3. The highest BCUT2D eigenvalue weighted by Gasteiger charge is 2.31. The molecule has 0 aliphatic rings. The summed E-state index contributed by atoms with van der Waals surface area (Å²) in [5.74, 6) is 0.789. The lowest BCUT2D eigenvalue weighted by Crippen LogP contribution is -2.34. The lowest BCUT2D eigenvalue weighted by molar-refractivity contribution is -0.159. The second kappa shape index (κ2) is 9.20. The molecule has 0 amide bonds. The molecule has 2 aromatic carbocycles. The van der Waals surface area contributed by atoms with Crippen LogP contribution in [-0.2, 0) is 22.3 Å². The van der Waals surface area contributed by atoms with Gasteiger partial charge in [-0.3, -0.25) is 4.79 Å². The van der Waals surface area contributed by atoms with Crippen molar-refractivity contribution < 1.29 is 32.2 Å². The van der Waals surface area contributed by atoms with Crippen molar-refractivity contribution in [2.75, 3.05) is 6.61 Å². The number of esters is 1. The molecular formula is C22H25F3O4. The quantitative estimate of drug-likeness (QED) is 0.528. The van der Waals surface area contributed by atoms with Gasteiger partial charge >= 0.3 is 12.1 Å². The van der Waals surface area contributed by atoms with E-state index < -0.39 is 17.2 Å². The second-order valence-electron chi connectivity index (χ2n) is 7.58. The zero-order valence-corrected chi connectivity index (χ0v) is 16.9. The van der Waals surface area contributed by atoms with Crippen LogP contribution in [0, 0.1) is 5.41 Å². The minimum Gasteiger partial charge on any atom is -0.492 e. The smallest absolute Gasteiger partial charge is 0.416 e. The van der Waals surface area contributed by atoms with Crippen molar-refractivity contribution in [3.05, 3.63) is 59.7 Å². The zero-order chi connectivity index (χ0) is 21.7. The maximum Gasteiger partial charge on any atom is 0.416 e. The van der Waals surface area contributed by atoms with Gasteiger partial charge in [-0.25, -0.2) is 0 Å². The molecule has 0 saturated heterocycles. The molecule has 0 bridgehead atoms. The van der Waals surface area contributed by atoms with Crippen LogP contribution in [0.5, 0.6) is 11.5 Å². The maximum absolute atomic E-state index is 12.6. The Morgan fingerprint density at radius 2 is 1.41 bits per heavy atom. The molecular weight excluding hydrogens is 385 g/mol. The average Bonchev–Trinajstić information content (AvgIpc) is 2.64. The molecule has 2 rings (SSSR count). The van der Waals surface area contributed by atoms with Crippen LogP contribution in [0.25, 0.3) is 0 Å². The highest BCUT2D eigenvalue weighted by Crippen LogP contribution is 2.29. The Balaban J connectivity index is 1.86. The van der Waals surface area contributed by atoms with E-state index in [2.05, 4.69) is 0 Å². The summed E-state index contributed by atoms with van der Waals surface area (Å²) < 4.78 is 54.2. The Morgan fingerprint density at radius 3 is 1.90 bits per heavy atom. The van der Waals surface area contributed by atoms with Crippen molar-refractivity contribution in [3.63, 3.8) is 0 Å². The van der Waals surface area contributed by atoms with Crippen LogP contribution < -0.4 is 9.47 Å². The largest absolute Gasteiger partial charge is 0.492 e. The molecule has 2 aromatic rings. The fraction of sp³-hybridized carbons (Fsp3) is 0.409. The fourth-order valence-electron chi connectivity index (χ4n) is 2.28. The minimum absolute atomic E-state index is 0.145. The summed E-state index contributed by atoms with van der Waals surface area (Å²) in [6, 6.07) is 11.6. The molecule has 158 valence electrons. The van der Waals surface area contributed by atoms with E-state index in [1.54, 1.807) is 52.0 Å². The molecule has 0 saturated carbocycles. The first-order valence-electron chi connectivity index (χ1n) is 9.20. The van der Waals surface area contributed by atoms with Crippen molar-refractivity contribution in [2.45, 2.75) is 46.6 Å². The van der Waals surface area contributed by atoms with Crippen molar-refractivity contribution in [1.82, 2.24) is 0 Å². The van der Waals surface area contributed by atoms with Gasteiger partial charge in [0.2, 0.25) is 0 Å². The lowest BCUT2D eigenvalue weighted by atomic mass is 9.95. The van der Waals surface area contributed by atoms with Gasteiger partial charge in [0.15, 0.2) is 0 Å². The second-order valence-corrected chi connectivity index (χ2v) is 7.58. The van der Waals surface area contributed by atoms with Gasteiger partial charge in [0.25, 0.3) is 0 Å². The molecule has 0 radical (unpaired) electrons. The molecule has 0 heterocycles. The van der Waals surface area contributed by atoms with Crippen molar-refractivity contribution in [2.24, 2.45) is 5.41 Å². The molecule has 0 spiro atoms. The van der Waals surface area contributed by atoms with Gasteiger partial charge < -0.3 is 14.2 Å². The van der Waals surface area contributed by atoms with Crippen LogP contribution in [0.3, 0.4) is 0 Å². The number of hydrogen-bond donors (Lipinski definition) is 0. The maximum atomic E-state index is 12.6. The predicted molar refractivity (Wildman–Crippen MR) is 103 cm³/mol. The molecule has 0 atom stereocenters. The molecule has 0 aromatic heterocycles. The van der Waals surface area contributed by atoms with Crippen LogP contribution in [-0.4, -0.2) is 18.7 Å². The number of rotatable bonds is 8. The van der Waals surface area contributed by atoms with Gasteiger partial charge in [-0.2, -0.15) is 13.2 Å². The van der Waals surface area contributed by atoms with Crippen molar-refractivity contribution in [1.29, 1.82) is 0 Å². The van der Waals surface area contributed by atoms with E-state index >= 15 is 0 Å². The fourth-order valence-corrected chi connectivity index (χ4v) is 2.28. The van der Waals surface area contributed by atoms with Crippen LogP contribution >= 0.6 is 0 Å². The number of alkyl halides is 3. The third-order valence-corrected chi connectivity index (χ3v) is 4.01. The van der Waals surface area contributed by atoms with Crippen LogP contribution in [0.4, 0.5) is 13.2 Å². The number of hydrogen-bond acceptors (Lipinski definition) is 4. The standard InChI is InChI=1S/C22H25F3O4/c1-15(2)29-20(26)21(3,4)14-28-19-11-9-18(10-12-19)27-13-16-5-7-17(8-6-16)22(23,24)25/h5-12,15H,13-14H2,1-4H3. The van der Waals surface area contributed by atoms with E-state index in [4.69, 9.17) is 14.2 Å². The molecule has 7 heteroatoms. The number of benzene rings is 2. The van der Waals surface area contributed by atoms with Gasteiger partial charge in [0.1, 0.15) is 24.7 Å². The minimum atomic E-state index is -4.35. The zero-order valence-electron chi connectivity index (χ0n) is 16.9. The summed E-state index contributed by atoms with van der Waals surface area (Å²) in [6.07, 6.45) is -4.54. The van der Waals surface area contributed by atoms with Gasteiger partial charge in [-0.15, -0.1) is 0 Å². The van der Waals surface area contributed by atoms with Crippen molar-refractivity contribution >= 4 is 5.97 Å². The monoisotopic (exact) mass is 410 g/mol. The van der Waals surface area contributed by atoms with Crippen molar-refractivity contribution in [3.8, 4) is 11.5 Å². The summed E-state index contributed by atoms with van der Waals surface area (Å²) in [5, 5.41) is 0. The Morgan fingerprint density at radius 1 is 0.897 bits per heavy atom. The SMILES string of the molecule is CC(C)OC(=O)C(C)(C)COc1ccc(OCc2ccc(C(F)(F)F)cc2)cc1. The van der Waals surface area contributed by atoms with E-state index in [0.717, 1.165) is 12.1 Å². The normalized spacial score (nSPS) is 12.0. The predicted octanol–water partition coefficient (Wildman–Crippen LogP) is 5.64. The topological polar surface area (TPSA) is 44.8 Å². The Labute approximate surface area is 168 Å². The van der Waals surface area contributed by atoms with Gasteiger partial charge in [-0.1, -0.05) is 12.1 Å². The van der Waals surface area contributed by atoms with Gasteiger partial charge in [-0.05, 0) is 69.7 Å². The number of carbonyl (C=O) groups is 1. The highest BCUT2D eigenvalue weighted by atomic mass is 19.4. The van der Waals surface area contributed by atoms with Gasteiger partial charge in [0.05, 0.1) is 17.1 Å². The summed E-state index contributed by atoms with van der Waals surface area (Å²) in [4.78, 5) is 12.1. The lowest BCUT2D eigenvalue weighted by Gasteiger charge is -2.24. The average molecular weight is 410 g/mol. The number of carbonyl (C=O) groups excluding carboxylic acids is 1. The van der Waals surface area contributed by atoms with E-state index in [1.807, 2.05) is 0 Å². The molecule has 0 N–H and O–H groups in total. The third kappa shape index (κ3) is 7.00. The van der Waals surface area contributed by atoms with E-state index in [1.165, 1.54) is 12.1 Å². The van der Waals surface area contributed by atoms with E-state index in [9.17, 15) is 18.0 Å². The Bertz CT molecular complexity index is 794. The molecule has 0 unspecified atom stereocenters. The summed E-state index contributed by atoms with van der Waals surface area (Å²) in [6.45, 7) is 7.38.